The molecule has 6 N–H and O–H groups in total. The van der Waals surface area contributed by atoms with E-state index in [2.05, 4.69) is 15.0 Å². The van der Waals surface area contributed by atoms with E-state index in [1.54, 1.807) is 31.2 Å². The van der Waals surface area contributed by atoms with E-state index in [9.17, 15) is 30.0 Å². The van der Waals surface area contributed by atoms with Crippen LogP contribution in [0.4, 0.5) is 5.69 Å². The minimum absolute atomic E-state index is 0.0252. The Balaban J connectivity index is 1.33. The number of aromatic nitrogens is 6. The lowest BCUT2D eigenvalue weighted by molar-refractivity contribution is -0.172. The number of carbonyl (C=O) groups excluding carboxylic acids is 1. The van der Waals surface area contributed by atoms with Crippen molar-refractivity contribution in [1.29, 1.82) is 0 Å². The van der Waals surface area contributed by atoms with E-state index in [1.807, 2.05) is 6.26 Å². The molecule has 0 spiro atoms. The van der Waals surface area contributed by atoms with E-state index >= 15 is 0 Å². The Kier molecular flexibility index (Phi) is 6.54. The van der Waals surface area contributed by atoms with Gasteiger partial charge in [0.25, 0.3) is 5.56 Å². The largest absolute Gasteiger partial charge is 0.458 e. The number of hydrogen-bond acceptors (Lipinski definition) is 14. The number of aliphatic hydroxyl groups excluding tert-OH is 3. The summed E-state index contributed by atoms with van der Waals surface area (Å²) in [4.78, 5) is 44.2. The standard InChI is InChI=1S/C31H29N7O8S/c1-3-30(44)17-7-19-22-13(8-37(19)28(42)15(17)10-45-29(30)43)6-14-18(36-22)5-4-16(21(14)32)31(25(41)24(40)20(9-39)46-31)38-12-35-23-26(38)33-11-34-27(23)47-2/h4-7,11-12,20,24-25,39-41,44H,3,8-10,32H2,1-2H3/t20-,24-,25-,30?,31?/m1/s1. The third-order valence-electron chi connectivity index (χ3n) is 9.59. The lowest BCUT2D eigenvalue weighted by atomic mass is 9.86. The molecule has 0 aliphatic carbocycles. The quantitative estimate of drug-likeness (QED) is 0.0729. The molecule has 1 saturated heterocycles. The number of imidazole rings is 1. The van der Waals surface area contributed by atoms with Crippen LogP contribution in [0.25, 0.3) is 33.5 Å². The van der Waals surface area contributed by atoms with E-state index in [0.717, 1.165) is 0 Å². The third-order valence-corrected chi connectivity index (χ3v) is 10.3. The molecule has 3 aliphatic rings. The molecule has 47 heavy (non-hydrogen) atoms. The van der Waals surface area contributed by atoms with Crippen molar-refractivity contribution in [2.45, 2.75) is 61.2 Å². The minimum Gasteiger partial charge on any atom is -0.458 e. The average molecular weight is 660 g/mol. The highest BCUT2D eigenvalue weighted by Gasteiger charge is 2.58. The highest BCUT2D eigenvalue weighted by atomic mass is 32.2. The molecule has 5 aromatic rings. The van der Waals surface area contributed by atoms with Crippen molar-refractivity contribution >= 4 is 45.5 Å². The second-order valence-corrected chi connectivity index (χ2v) is 12.6. The molecule has 3 aliphatic heterocycles. The van der Waals surface area contributed by atoms with Gasteiger partial charge in [-0.2, -0.15) is 0 Å². The number of benzene rings is 1. The number of pyridine rings is 2. The number of ether oxygens (including phenoxy) is 2. The summed E-state index contributed by atoms with van der Waals surface area (Å²) in [7, 11) is 0. The first-order chi connectivity index (χ1) is 22.6. The fourth-order valence-electron chi connectivity index (χ4n) is 7.09. The van der Waals surface area contributed by atoms with Crippen molar-refractivity contribution in [3.63, 3.8) is 0 Å². The van der Waals surface area contributed by atoms with Gasteiger partial charge in [-0.15, -0.1) is 11.8 Å². The molecule has 5 atom stereocenters. The number of rotatable bonds is 5. The highest BCUT2D eigenvalue weighted by molar-refractivity contribution is 7.98. The predicted octanol–water partition coefficient (Wildman–Crippen LogP) is 0.337. The predicted molar refractivity (Wildman–Crippen MR) is 167 cm³/mol. The molecule has 16 heteroatoms. The Bertz CT molecular complexity index is 2220. The van der Waals surface area contributed by atoms with Gasteiger partial charge in [0, 0.05) is 27.8 Å². The van der Waals surface area contributed by atoms with Gasteiger partial charge in [-0.3, -0.25) is 9.36 Å². The number of hydrogen-bond donors (Lipinski definition) is 5. The zero-order valence-corrected chi connectivity index (χ0v) is 25.9. The van der Waals surface area contributed by atoms with Gasteiger partial charge >= 0.3 is 5.97 Å². The maximum Gasteiger partial charge on any atom is 0.343 e. The summed E-state index contributed by atoms with van der Waals surface area (Å²) >= 11 is 1.36. The summed E-state index contributed by atoms with van der Waals surface area (Å²) in [6, 6.07) is 6.73. The molecule has 8 rings (SSSR count). The number of carbonyl (C=O) groups is 1. The molecule has 15 nitrogen and oxygen atoms in total. The molecule has 7 heterocycles. The van der Waals surface area contributed by atoms with Gasteiger partial charge in [0.1, 0.15) is 41.8 Å². The average Bonchev–Trinajstić information content (AvgIpc) is 3.75. The van der Waals surface area contributed by atoms with Crippen LogP contribution in [-0.4, -0.2) is 86.6 Å². The van der Waals surface area contributed by atoms with Crippen LogP contribution < -0.4 is 11.3 Å². The Hall–Kier alpha value is -4.45. The van der Waals surface area contributed by atoms with Gasteiger partial charge in [0.15, 0.2) is 11.2 Å². The Labute approximate surface area is 269 Å². The van der Waals surface area contributed by atoms with Crippen LogP contribution in [0.15, 0.2) is 46.7 Å². The summed E-state index contributed by atoms with van der Waals surface area (Å²) in [5.41, 5.74) is 6.36. The fraction of sp³-hybridized carbons (Fsp3) is 0.355. The van der Waals surface area contributed by atoms with Crippen LogP contribution in [0, 0.1) is 0 Å². The zero-order chi connectivity index (χ0) is 33.0. The van der Waals surface area contributed by atoms with Gasteiger partial charge in [-0.05, 0) is 36.9 Å². The number of thioether (sulfide) groups is 1. The second-order valence-electron chi connectivity index (χ2n) is 11.8. The summed E-state index contributed by atoms with van der Waals surface area (Å²) in [6.45, 7) is 0.968. The topological polar surface area (TPSA) is 221 Å². The van der Waals surface area contributed by atoms with Gasteiger partial charge < -0.3 is 40.2 Å². The van der Waals surface area contributed by atoms with Crippen LogP contribution in [0.1, 0.15) is 35.6 Å². The van der Waals surface area contributed by atoms with Crippen LogP contribution in [0.3, 0.4) is 0 Å². The number of fused-ring (bicyclic) bond motifs is 6. The van der Waals surface area contributed by atoms with Crippen molar-refractivity contribution in [2.75, 3.05) is 18.6 Å². The van der Waals surface area contributed by atoms with Crippen LogP contribution >= 0.6 is 11.8 Å². The van der Waals surface area contributed by atoms with E-state index < -0.39 is 47.8 Å². The van der Waals surface area contributed by atoms with Crippen molar-refractivity contribution in [2.24, 2.45) is 0 Å². The second kappa shape index (κ2) is 10.3. The van der Waals surface area contributed by atoms with Crippen molar-refractivity contribution in [1.82, 2.24) is 29.1 Å². The first kappa shape index (κ1) is 29.9. The molecular weight excluding hydrogens is 630 g/mol. The van der Waals surface area contributed by atoms with Crippen LogP contribution in [-0.2, 0) is 38.7 Å². The number of nitrogen functional groups attached to an aromatic ring is 1. The Morgan fingerprint density at radius 1 is 1.15 bits per heavy atom. The van der Waals surface area contributed by atoms with E-state index in [-0.39, 0.29) is 42.0 Å². The minimum atomic E-state index is -1.95. The highest BCUT2D eigenvalue weighted by Crippen LogP contribution is 2.47. The third kappa shape index (κ3) is 3.81. The van der Waals surface area contributed by atoms with E-state index in [4.69, 9.17) is 20.2 Å². The van der Waals surface area contributed by atoms with E-state index in [0.29, 0.717) is 44.0 Å². The van der Waals surface area contributed by atoms with Crippen molar-refractivity contribution in [3.8, 4) is 11.4 Å². The number of nitrogens with zero attached hydrogens (tertiary/aromatic N) is 6. The normalized spacial score (nSPS) is 26.4. The number of cyclic esters (lactones) is 1. The van der Waals surface area contributed by atoms with E-state index in [1.165, 1.54) is 33.6 Å². The molecule has 1 aromatic carbocycles. The molecule has 1 fully saturated rings. The molecule has 2 unspecified atom stereocenters. The first-order valence-electron chi connectivity index (χ1n) is 14.9. The Morgan fingerprint density at radius 2 is 1.96 bits per heavy atom. The summed E-state index contributed by atoms with van der Waals surface area (Å²) < 4.78 is 14.5. The number of anilines is 1. The molecular formula is C31H29N7O8S. The molecule has 0 bridgehead atoms. The smallest absolute Gasteiger partial charge is 0.343 e. The maximum absolute atomic E-state index is 13.6. The van der Waals surface area contributed by atoms with Gasteiger partial charge in [-0.25, -0.2) is 24.7 Å². The number of esters is 1. The summed E-state index contributed by atoms with van der Waals surface area (Å²) in [5, 5.41) is 45.0. The molecule has 0 radical (unpaired) electrons. The SMILES string of the molecule is CCC1(O)C(=O)OCc2c1cc1n(c2=O)Cc2cc3c(N)c(C4(n5cnc6c(SC)ncnc65)O[C@H](CO)[C@@H](O)[C@H]4O)ccc3nc2-1. The first-order valence-corrected chi connectivity index (χ1v) is 16.1. The summed E-state index contributed by atoms with van der Waals surface area (Å²) in [5.74, 6) is -0.803. The molecule has 4 aromatic heterocycles. The Morgan fingerprint density at radius 3 is 2.68 bits per heavy atom. The molecule has 242 valence electrons. The lowest BCUT2D eigenvalue weighted by Gasteiger charge is -2.35. The van der Waals surface area contributed by atoms with Crippen LogP contribution in [0.2, 0.25) is 0 Å². The van der Waals surface area contributed by atoms with Gasteiger partial charge in [0.2, 0.25) is 5.72 Å². The zero-order valence-electron chi connectivity index (χ0n) is 25.1. The van der Waals surface area contributed by atoms with Crippen molar-refractivity contribution < 1.29 is 34.7 Å². The lowest BCUT2D eigenvalue weighted by Crippen LogP contribution is -2.47. The molecule has 0 saturated carbocycles. The number of aliphatic hydroxyl groups is 4. The molecule has 0 amide bonds. The fourth-order valence-corrected chi connectivity index (χ4v) is 7.58. The summed E-state index contributed by atoms with van der Waals surface area (Å²) in [6.07, 6.45) is 0.393. The monoisotopic (exact) mass is 659 g/mol. The van der Waals surface area contributed by atoms with Gasteiger partial charge in [-0.1, -0.05) is 6.92 Å². The number of nitrogens with two attached hydrogens (primary N) is 1. The maximum atomic E-state index is 13.6. The van der Waals surface area contributed by atoms with Crippen molar-refractivity contribution in [3.05, 3.63) is 69.5 Å². The van der Waals surface area contributed by atoms with Crippen LogP contribution in [0.5, 0.6) is 0 Å². The van der Waals surface area contributed by atoms with Gasteiger partial charge in [0.05, 0.1) is 41.9 Å².